The zero-order valence-corrected chi connectivity index (χ0v) is 14.5. The molecule has 0 unspecified atom stereocenters. The maximum absolute atomic E-state index is 13.5. The Morgan fingerprint density at radius 3 is 2.32 bits per heavy atom. The van der Waals surface area contributed by atoms with Crippen LogP contribution >= 0.6 is 11.3 Å². The third kappa shape index (κ3) is 4.57. The summed E-state index contributed by atoms with van der Waals surface area (Å²) in [6.07, 6.45) is 0.405. The van der Waals surface area contributed by atoms with Crippen LogP contribution in [0.3, 0.4) is 0 Å². The lowest BCUT2D eigenvalue weighted by atomic mass is 10.2. The smallest absolute Gasteiger partial charge is 0.260 e. The van der Waals surface area contributed by atoms with Gasteiger partial charge in [-0.2, -0.15) is 0 Å². The quantitative estimate of drug-likeness (QED) is 0.819. The zero-order valence-electron chi connectivity index (χ0n) is 13.7. The monoisotopic (exact) mass is 362 g/mol. The first kappa shape index (κ1) is 17.4. The fraction of sp³-hybridized carbons (Fsp3) is 0.333. The summed E-state index contributed by atoms with van der Waals surface area (Å²) < 4.78 is 18.7. The molecule has 2 amide bonds. The first-order chi connectivity index (χ1) is 12.1. The third-order valence-corrected chi connectivity index (χ3v) is 4.95. The van der Waals surface area contributed by atoms with Crippen LogP contribution in [0.2, 0.25) is 0 Å². The Labute approximate surface area is 149 Å². The van der Waals surface area contributed by atoms with Crippen LogP contribution in [-0.4, -0.2) is 54.4 Å². The van der Waals surface area contributed by atoms with Crippen molar-refractivity contribution in [3.8, 4) is 5.75 Å². The molecule has 0 saturated carbocycles. The van der Waals surface area contributed by atoms with E-state index in [1.165, 1.54) is 12.1 Å². The number of thiophene rings is 1. The summed E-state index contributed by atoms with van der Waals surface area (Å²) in [7, 11) is 0. The minimum Gasteiger partial charge on any atom is -0.481 e. The number of para-hydroxylation sites is 1. The molecule has 1 aromatic carbocycles. The standard InChI is InChI=1S/C18H19FN2O3S/c19-15-5-1-2-6-16(15)24-13-18(23)21-9-7-20(8-10-21)17(22)12-14-4-3-11-25-14/h1-6,11H,7-10,12-13H2. The van der Waals surface area contributed by atoms with E-state index in [4.69, 9.17) is 4.74 Å². The van der Waals surface area contributed by atoms with Crippen molar-refractivity contribution in [3.63, 3.8) is 0 Å². The first-order valence-corrected chi connectivity index (χ1v) is 8.96. The van der Waals surface area contributed by atoms with E-state index in [1.807, 2.05) is 17.5 Å². The van der Waals surface area contributed by atoms with Gasteiger partial charge >= 0.3 is 0 Å². The molecular formula is C18H19FN2O3S. The summed E-state index contributed by atoms with van der Waals surface area (Å²) in [4.78, 5) is 28.9. The van der Waals surface area contributed by atoms with E-state index >= 15 is 0 Å². The fourth-order valence-corrected chi connectivity index (χ4v) is 3.37. The molecule has 0 aliphatic carbocycles. The molecule has 7 heteroatoms. The number of carbonyl (C=O) groups is 2. The van der Waals surface area contributed by atoms with Gasteiger partial charge in [0.15, 0.2) is 18.2 Å². The minimum absolute atomic E-state index is 0.0700. The van der Waals surface area contributed by atoms with Gasteiger partial charge in [-0.05, 0) is 23.6 Å². The number of nitrogens with zero attached hydrogens (tertiary/aromatic N) is 2. The van der Waals surface area contributed by atoms with Crippen LogP contribution in [0, 0.1) is 5.82 Å². The lowest BCUT2D eigenvalue weighted by Gasteiger charge is -2.34. The van der Waals surface area contributed by atoms with Gasteiger partial charge in [0.05, 0.1) is 6.42 Å². The topological polar surface area (TPSA) is 49.9 Å². The fourth-order valence-electron chi connectivity index (χ4n) is 2.67. The number of benzene rings is 1. The van der Waals surface area contributed by atoms with Crippen LogP contribution in [0.4, 0.5) is 4.39 Å². The van der Waals surface area contributed by atoms with E-state index in [0.717, 1.165) is 4.88 Å². The van der Waals surface area contributed by atoms with E-state index < -0.39 is 5.82 Å². The molecule has 2 heterocycles. The molecule has 25 heavy (non-hydrogen) atoms. The number of ether oxygens (including phenoxy) is 1. The van der Waals surface area contributed by atoms with E-state index in [1.54, 1.807) is 33.3 Å². The van der Waals surface area contributed by atoms with Gasteiger partial charge in [-0.3, -0.25) is 9.59 Å². The van der Waals surface area contributed by atoms with E-state index in [2.05, 4.69) is 0 Å². The SMILES string of the molecule is O=C(COc1ccccc1F)N1CCN(C(=O)Cc2cccs2)CC1. The van der Waals surface area contributed by atoms with E-state index in [9.17, 15) is 14.0 Å². The van der Waals surface area contributed by atoms with Crippen molar-refractivity contribution in [3.05, 3.63) is 52.5 Å². The van der Waals surface area contributed by atoms with Crippen molar-refractivity contribution in [2.24, 2.45) is 0 Å². The average molecular weight is 362 g/mol. The molecule has 0 N–H and O–H groups in total. The van der Waals surface area contributed by atoms with Crippen molar-refractivity contribution in [2.45, 2.75) is 6.42 Å². The zero-order chi connectivity index (χ0) is 17.6. The molecule has 0 atom stereocenters. The number of carbonyl (C=O) groups excluding carboxylic acids is 2. The summed E-state index contributed by atoms with van der Waals surface area (Å²) in [5.41, 5.74) is 0. The van der Waals surface area contributed by atoms with Gasteiger partial charge in [0.1, 0.15) is 0 Å². The summed E-state index contributed by atoms with van der Waals surface area (Å²) in [5.74, 6) is -0.536. The highest BCUT2D eigenvalue weighted by Gasteiger charge is 2.24. The Hall–Kier alpha value is -2.41. The number of hydrogen-bond acceptors (Lipinski definition) is 4. The number of piperazine rings is 1. The molecule has 0 radical (unpaired) electrons. The number of amides is 2. The van der Waals surface area contributed by atoms with Crippen LogP contribution in [0.5, 0.6) is 5.75 Å². The second kappa shape index (κ2) is 8.11. The Bertz CT molecular complexity index is 728. The van der Waals surface area contributed by atoms with Crippen molar-refractivity contribution in [1.29, 1.82) is 0 Å². The van der Waals surface area contributed by atoms with Gasteiger partial charge < -0.3 is 14.5 Å². The molecular weight excluding hydrogens is 343 g/mol. The normalized spacial score (nSPS) is 14.4. The highest BCUT2D eigenvalue weighted by atomic mass is 32.1. The molecule has 132 valence electrons. The Morgan fingerprint density at radius 1 is 1.00 bits per heavy atom. The minimum atomic E-state index is -0.487. The maximum atomic E-state index is 13.5. The first-order valence-electron chi connectivity index (χ1n) is 8.09. The molecule has 5 nitrogen and oxygen atoms in total. The Morgan fingerprint density at radius 2 is 1.68 bits per heavy atom. The van der Waals surface area contributed by atoms with Gasteiger partial charge in [0, 0.05) is 31.1 Å². The lowest BCUT2D eigenvalue weighted by molar-refractivity contribution is -0.140. The van der Waals surface area contributed by atoms with E-state index in [0.29, 0.717) is 32.6 Å². The van der Waals surface area contributed by atoms with Gasteiger partial charge in [0.2, 0.25) is 5.91 Å². The van der Waals surface area contributed by atoms with Gasteiger partial charge in [-0.15, -0.1) is 11.3 Å². The second-order valence-electron chi connectivity index (χ2n) is 5.74. The van der Waals surface area contributed by atoms with Crippen LogP contribution in [0.15, 0.2) is 41.8 Å². The number of rotatable bonds is 5. The lowest BCUT2D eigenvalue weighted by Crippen LogP contribution is -2.51. The van der Waals surface area contributed by atoms with E-state index in [-0.39, 0.29) is 24.2 Å². The predicted octanol–water partition coefficient (Wildman–Crippen LogP) is 2.18. The summed E-state index contributed by atoms with van der Waals surface area (Å²) >= 11 is 1.57. The molecule has 1 aliphatic rings. The van der Waals surface area contributed by atoms with Crippen molar-refractivity contribution in [2.75, 3.05) is 32.8 Å². The van der Waals surface area contributed by atoms with Gasteiger partial charge in [0.25, 0.3) is 5.91 Å². The van der Waals surface area contributed by atoms with Crippen molar-refractivity contribution in [1.82, 2.24) is 9.80 Å². The molecule has 2 aromatic rings. The second-order valence-corrected chi connectivity index (χ2v) is 6.77. The molecule has 0 spiro atoms. The molecule has 1 aromatic heterocycles. The maximum Gasteiger partial charge on any atom is 0.260 e. The molecule has 3 rings (SSSR count). The summed E-state index contributed by atoms with van der Waals surface area (Å²) in [6.45, 7) is 1.75. The third-order valence-electron chi connectivity index (χ3n) is 4.08. The van der Waals surface area contributed by atoms with Crippen LogP contribution in [-0.2, 0) is 16.0 Å². The molecule has 0 bridgehead atoms. The van der Waals surface area contributed by atoms with Crippen molar-refractivity contribution < 1.29 is 18.7 Å². The van der Waals surface area contributed by atoms with Crippen LogP contribution < -0.4 is 4.74 Å². The van der Waals surface area contributed by atoms with Crippen LogP contribution in [0.25, 0.3) is 0 Å². The molecule has 1 aliphatic heterocycles. The largest absolute Gasteiger partial charge is 0.481 e. The summed E-state index contributed by atoms with van der Waals surface area (Å²) in [5, 5.41) is 1.95. The highest BCUT2D eigenvalue weighted by Crippen LogP contribution is 2.16. The Kier molecular flexibility index (Phi) is 5.65. The number of halogens is 1. The molecule has 1 fully saturated rings. The Balaban J connectivity index is 1.44. The van der Waals surface area contributed by atoms with Crippen molar-refractivity contribution >= 4 is 23.2 Å². The number of hydrogen-bond donors (Lipinski definition) is 0. The average Bonchev–Trinajstić information content (AvgIpc) is 3.14. The highest BCUT2D eigenvalue weighted by molar-refractivity contribution is 7.10. The van der Waals surface area contributed by atoms with Gasteiger partial charge in [-0.25, -0.2) is 4.39 Å². The predicted molar refractivity (Wildman–Crippen MR) is 93.1 cm³/mol. The van der Waals surface area contributed by atoms with Gasteiger partial charge in [-0.1, -0.05) is 18.2 Å². The summed E-state index contributed by atoms with van der Waals surface area (Å²) in [6, 6.07) is 9.88. The van der Waals surface area contributed by atoms with Crippen LogP contribution in [0.1, 0.15) is 4.88 Å². The molecule has 1 saturated heterocycles.